The van der Waals surface area contributed by atoms with Gasteiger partial charge in [-0.15, -0.1) is 0 Å². The number of anilines is 4. The SMILES string of the molecule is CCN1/C(=C/C=C2\CCCC(/C=C/C3=[N+](CC)c4ccccc4C3(C)C)=C2NCCCCNC(=O)CCC(=O)OCC2(C)Nc3cccc4c(N)ccc(c34)N2)C(C)(C)c2ccccc21. The van der Waals surface area contributed by atoms with Gasteiger partial charge in [-0.3, -0.25) is 9.59 Å². The van der Waals surface area contributed by atoms with Gasteiger partial charge in [-0.2, -0.15) is 4.58 Å². The van der Waals surface area contributed by atoms with E-state index in [0.29, 0.717) is 12.2 Å². The Morgan fingerprint density at radius 3 is 2.34 bits per heavy atom. The Morgan fingerprint density at radius 1 is 0.815 bits per heavy atom. The van der Waals surface area contributed by atoms with E-state index in [1.165, 1.54) is 50.8 Å². The molecule has 0 spiro atoms. The number of likely N-dealkylation sites (N-methyl/N-ethyl adjacent to an activating group) is 1. The van der Waals surface area contributed by atoms with Gasteiger partial charge in [0.25, 0.3) is 0 Å². The molecule has 65 heavy (non-hydrogen) atoms. The molecule has 1 unspecified atom stereocenters. The van der Waals surface area contributed by atoms with E-state index in [1.54, 1.807) is 0 Å². The number of amides is 1. The highest BCUT2D eigenvalue weighted by atomic mass is 16.5. The molecule has 340 valence electrons. The van der Waals surface area contributed by atoms with Crippen LogP contribution in [0.25, 0.3) is 10.8 Å². The molecule has 1 amide bonds. The fraction of sp³-hybridized carbons (Fsp3) is 0.400. The Bertz CT molecular complexity index is 2640. The second kappa shape index (κ2) is 18.7. The third-order valence-electron chi connectivity index (χ3n) is 13.9. The predicted octanol–water partition coefficient (Wildman–Crippen LogP) is 10.5. The van der Waals surface area contributed by atoms with Gasteiger partial charge in [0.2, 0.25) is 11.6 Å². The molecule has 0 saturated heterocycles. The number of allylic oxidation sites excluding steroid dienone is 7. The number of nitrogen functional groups attached to an aromatic ring is 1. The number of para-hydroxylation sites is 2. The summed E-state index contributed by atoms with van der Waals surface area (Å²) in [7, 11) is 0. The summed E-state index contributed by atoms with van der Waals surface area (Å²) in [5, 5.41) is 15.8. The number of nitrogens with two attached hydrogens (primary N) is 1. The quantitative estimate of drug-likeness (QED) is 0.0326. The van der Waals surface area contributed by atoms with E-state index in [4.69, 9.17) is 10.5 Å². The Morgan fingerprint density at radius 2 is 1.55 bits per heavy atom. The first-order chi connectivity index (χ1) is 31.3. The average Bonchev–Trinajstić information content (AvgIpc) is 3.66. The van der Waals surface area contributed by atoms with Gasteiger partial charge in [-0.05, 0) is 114 Å². The Labute approximate surface area is 385 Å². The normalized spacial score (nSPS) is 20.6. The topological polar surface area (TPSA) is 124 Å². The molecule has 4 aliphatic rings. The number of unbranched alkanes of at least 4 members (excludes halogenated alkanes) is 1. The molecular weight excluding hydrogens is 807 g/mol. The van der Waals surface area contributed by atoms with Gasteiger partial charge in [0.05, 0.1) is 11.8 Å². The third kappa shape index (κ3) is 9.05. The number of hydrogen-bond acceptors (Lipinski definition) is 8. The number of carbonyl (C=O) groups excluding carboxylic acids is 2. The summed E-state index contributed by atoms with van der Waals surface area (Å²) in [4.78, 5) is 28.1. The summed E-state index contributed by atoms with van der Waals surface area (Å²) < 4.78 is 8.13. The number of fused-ring (bicyclic) bond motifs is 2. The van der Waals surface area contributed by atoms with Crippen LogP contribution in [0.15, 0.2) is 126 Å². The number of nitrogens with one attached hydrogen (secondary N) is 4. The molecule has 3 aliphatic heterocycles. The monoisotopic (exact) mass is 875 g/mol. The lowest BCUT2D eigenvalue weighted by Crippen LogP contribution is -2.49. The lowest BCUT2D eigenvalue weighted by atomic mass is 9.81. The second-order valence-corrected chi connectivity index (χ2v) is 19.1. The van der Waals surface area contributed by atoms with Gasteiger partial charge in [-0.25, -0.2) is 0 Å². The minimum atomic E-state index is -0.716. The number of ether oxygens (including phenoxy) is 1. The van der Waals surface area contributed by atoms with Gasteiger partial charge in [-0.1, -0.05) is 74.5 Å². The number of carbonyl (C=O) groups is 2. The molecule has 8 rings (SSSR count). The van der Waals surface area contributed by atoms with Crippen LogP contribution in [0.2, 0.25) is 0 Å². The second-order valence-electron chi connectivity index (χ2n) is 19.1. The fourth-order valence-electron chi connectivity index (χ4n) is 10.4. The van der Waals surface area contributed by atoms with Crippen molar-refractivity contribution < 1.29 is 18.9 Å². The van der Waals surface area contributed by atoms with Crippen LogP contribution in [-0.4, -0.2) is 60.6 Å². The molecule has 0 radical (unpaired) electrons. The summed E-state index contributed by atoms with van der Waals surface area (Å²) in [6, 6.07) is 27.4. The van der Waals surface area contributed by atoms with E-state index < -0.39 is 11.6 Å². The standard InChI is InChI=1S/C55H67N7O3/c1-8-61-45-24-12-10-21-40(45)53(3,4)47(61)30-26-37-18-16-19-38(27-31-48-54(5,6)41-22-11-13-25-46(41)62(48)9-2)52(37)58-35-15-14-34-57-49(63)32-33-50(64)65-36-55(7)59-43-23-17-20-39-42(56)28-29-44(60-55)51(39)43/h10-13,17,20-31,59-60H,8-9,14-16,18-19,32-36,56H2,1-7H3,(H,57,63)/p+1/b37-26+,47-30+. The molecule has 3 heterocycles. The van der Waals surface area contributed by atoms with Gasteiger partial charge in [0.1, 0.15) is 18.8 Å². The first kappa shape index (κ1) is 45.3. The summed E-state index contributed by atoms with van der Waals surface area (Å²) >= 11 is 0. The summed E-state index contributed by atoms with van der Waals surface area (Å²) in [6.07, 6.45) is 14.3. The van der Waals surface area contributed by atoms with Crippen LogP contribution in [0.4, 0.5) is 28.4 Å². The molecular formula is C55H68N7O3+. The molecule has 1 atom stereocenters. The van der Waals surface area contributed by atoms with Crippen LogP contribution >= 0.6 is 0 Å². The Hall–Kier alpha value is -6.29. The summed E-state index contributed by atoms with van der Waals surface area (Å²) in [5.74, 6) is -0.562. The van der Waals surface area contributed by atoms with Crippen molar-refractivity contribution in [2.24, 2.45) is 0 Å². The number of rotatable bonds is 16. The number of hydrogen-bond donors (Lipinski definition) is 5. The van der Waals surface area contributed by atoms with Crippen LogP contribution in [0.1, 0.15) is 105 Å². The van der Waals surface area contributed by atoms with E-state index in [0.717, 1.165) is 73.9 Å². The Balaban J connectivity index is 0.887. The minimum Gasteiger partial charge on any atom is -0.461 e. The average molecular weight is 875 g/mol. The molecule has 0 saturated carbocycles. The van der Waals surface area contributed by atoms with Crippen molar-refractivity contribution in [2.75, 3.05) is 54.1 Å². The number of esters is 1. The van der Waals surface area contributed by atoms with Gasteiger partial charge in [0.15, 0.2) is 5.71 Å². The van der Waals surface area contributed by atoms with Crippen molar-refractivity contribution in [1.29, 1.82) is 0 Å². The van der Waals surface area contributed by atoms with Crippen LogP contribution < -0.4 is 31.9 Å². The summed E-state index contributed by atoms with van der Waals surface area (Å²) in [5.41, 5.74) is 19.7. The molecule has 0 aromatic heterocycles. The van der Waals surface area contributed by atoms with Crippen molar-refractivity contribution in [3.8, 4) is 0 Å². The third-order valence-corrected chi connectivity index (χ3v) is 13.9. The minimum absolute atomic E-state index is 0.0135. The zero-order chi connectivity index (χ0) is 45.9. The summed E-state index contributed by atoms with van der Waals surface area (Å²) in [6.45, 7) is 19.0. The number of benzene rings is 4. The van der Waals surface area contributed by atoms with Crippen LogP contribution in [0, 0.1) is 0 Å². The zero-order valence-corrected chi connectivity index (χ0v) is 39.5. The van der Waals surface area contributed by atoms with Crippen molar-refractivity contribution in [1.82, 2.24) is 10.6 Å². The van der Waals surface area contributed by atoms with Gasteiger partial charge < -0.3 is 36.6 Å². The molecule has 4 aromatic carbocycles. The maximum absolute atomic E-state index is 12.8. The maximum atomic E-state index is 12.8. The fourth-order valence-corrected chi connectivity index (χ4v) is 10.4. The van der Waals surface area contributed by atoms with E-state index >= 15 is 0 Å². The van der Waals surface area contributed by atoms with Crippen LogP contribution in [0.3, 0.4) is 0 Å². The molecule has 6 N–H and O–H groups in total. The lowest BCUT2D eigenvalue weighted by molar-refractivity contribution is -0.433. The lowest BCUT2D eigenvalue weighted by Gasteiger charge is -2.38. The zero-order valence-electron chi connectivity index (χ0n) is 39.5. The van der Waals surface area contributed by atoms with Crippen LogP contribution in [0.5, 0.6) is 0 Å². The van der Waals surface area contributed by atoms with E-state index in [1.807, 2.05) is 37.3 Å². The first-order valence-electron chi connectivity index (χ1n) is 23.7. The van der Waals surface area contributed by atoms with E-state index in [2.05, 4.69) is 145 Å². The van der Waals surface area contributed by atoms with Gasteiger partial charge >= 0.3 is 5.97 Å². The molecule has 10 heteroatoms. The number of nitrogens with zero attached hydrogens (tertiary/aromatic N) is 2. The largest absolute Gasteiger partial charge is 0.461 e. The molecule has 0 fully saturated rings. The highest BCUT2D eigenvalue weighted by Gasteiger charge is 2.44. The van der Waals surface area contributed by atoms with Gasteiger partial charge in [0, 0.05) is 94.1 Å². The van der Waals surface area contributed by atoms with Crippen molar-refractivity contribution >= 4 is 56.8 Å². The first-order valence-corrected chi connectivity index (χ1v) is 23.7. The van der Waals surface area contributed by atoms with Crippen molar-refractivity contribution in [3.63, 3.8) is 0 Å². The predicted molar refractivity (Wildman–Crippen MR) is 268 cm³/mol. The molecule has 4 aromatic rings. The van der Waals surface area contributed by atoms with E-state index in [-0.39, 0.29) is 36.2 Å². The van der Waals surface area contributed by atoms with Crippen LogP contribution in [-0.2, 0) is 25.2 Å². The highest BCUT2D eigenvalue weighted by molar-refractivity contribution is 6.10. The van der Waals surface area contributed by atoms with Crippen molar-refractivity contribution in [2.45, 2.75) is 110 Å². The smallest absolute Gasteiger partial charge is 0.306 e. The molecule has 0 bridgehead atoms. The van der Waals surface area contributed by atoms with E-state index in [9.17, 15) is 9.59 Å². The molecule has 10 nitrogen and oxygen atoms in total. The molecule has 1 aliphatic carbocycles. The maximum Gasteiger partial charge on any atom is 0.306 e. The van der Waals surface area contributed by atoms with Crippen molar-refractivity contribution in [3.05, 3.63) is 137 Å². The Kier molecular flexibility index (Phi) is 13.0. The highest BCUT2D eigenvalue weighted by Crippen LogP contribution is 2.48.